The van der Waals surface area contributed by atoms with Crippen LogP contribution in [0.15, 0.2) is 53.3 Å². The molecule has 34 heavy (non-hydrogen) atoms. The number of fused-ring (bicyclic) bond motifs is 1. The monoisotopic (exact) mass is 478 g/mol. The molecule has 0 saturated carbocycles. The Hall–Kier alpha value is -4.09. The zero-order chi connectivity index (χ0) is 24.7. The fraction of sp³-hybridized carbons (Fsp3) is 0.273. The fourth-order valence-electron chi connectivity index (χ4n) is 3.04. The molecule has 0 radical (unpaired) electrons. The number of nitrogens with zero attached hydrogens (tertiary/aromatic N) is 3. The minimum absolute atomic E-state index is 0.129. The number of hydrogen-bond donors (Lipinski definition) is 2. The third-order valence-corrected chi connectivity index (χ3v) is 4.84. The van der Waals surface area contributed by atoms with Crippen LogP contribution in [-0.2, 0) is 24.4 Å². The number of aryl methyl sites for hydroxylation is 1. The van der Waals surface area contributed by atoms with E-state index in [1.54, 1.807) is 17.3 Å². The number of carbonyl (C=O) groups excluding carboxylic acids is 1. The second-order valence-electron chi connectivity index (χ2n) is 7.23. The van der Waals surface area contributed by atoms with Crippen molar-refractivity contribution in [1.29, 1.82) is 0 Å². The molecule has 12 heteroatoms. The van der Waals surface area contributed by atoms with Gasteiger partial charge in [0, 0.05) is 30.4 Å². The molecule has 0 unspecified atom stereocenters. The van der Waals surface area contributed by atoms with Crippen LogP contribution in [0.2, 0.25) is 0 Å². The van der Waals surface area contributed by atoms with E-state index in [9.17, 15) is 18.0 Å². The zero-order valence-electron chi connectivity index (χ0n) is 18.0. The molecule has 2 N–H and O–H groups in total. The molecule has 2 aromatic heterocycles. The van der Waals surface area contributed by atoms with E-state index >= 15 is 0 Å². The zero-order valence-corrected chi connectivity index (χ0v) is 18.0. The lowest BCUT2D eigenvalue weighted by atomic mass is 10.1. The number of carboxylic acids is 1. The summed E-state index contributed by atoms with van der Waals surface area (Å²) in [5.74, 6) is -1.27. The van der Waals surface area contributed by atoms with Crippen LogP contribution in [0.3, 0.4) is 0 Å². The molecule has 0 spiro atoms. The molecule has 1 aromatic carbocycles. The van der Waals surface area contributed by atoms with E-state index in [4.69, 9.17) is 19.2 Å². The quantitative estimate of drug-likeness (QED) is 0.578. The first-order valence-corrected chi connectivity index (χ1v) is 10.1. The summed E-state index contributed by atoms with van der Waals surface area (Å²) in [6.07, 6.45) is -1.11. The number of carboxylic acid groups (broad SMARTS) is 1. The van der Waals surface area contributed by atoms with Crippen LogP contribution in [-0.4, -0.2) is 44.9 Å². The van der Waals surface area contributed by atoms with Crippen LogP contribution >= 0.6 is 0 Å². The summed E-state index contributed by atoms with van der Waals surface area (Å²) < 4.78 is 42.9. The highest BCUT2D eigenvalue weighted by Gasteiger charge is 2.38. The molecule has 1 aliphatic rings. The Bertz CT molecular complexity index is 1140. The summed E-state index contributed by atoms with van der Waals surface area (Å²) in [6.45, 7) is 3.28. The lowest BCUT2D eigenvalue weighted by Crippen LogP contribution is -2.39. The van der Waals surface area contributed by atoms with Crippen molar-refractivity contribution in [1.82, 2.24) is 15.0 Å². The highest BCUT2D eigenvalue weighted by molar-refractivity contribution is 5.90. The minimum Gasteiger partial charge on any atom is -0.486 e. The molecule has 0 bridgehead atoms. The third-order valence-electron chi connectivity index (χ3n) is 4.84. The van der Waals surface area contributed by atoms with Gasteiger partial charge in [-0.15, -0.1) is 0 Å². The standard InChI is InChI=1S/C20H20N4O3.C2HF3O2/c1-14-5-2-3-7-17(14)22-20(25)24-10-8-19-16(12-24)18(23-27-19)13-26-15-6-4-9-21-11-15;3-2(4,5)1(6)7/h2-7,9,11H,8,10,12-13H2,1H3,(H,22,25);(H,6,7). The Morgan fingerprint density at radius 3 is 2.62 bits per heavy atom. The Morgan fingerprint density at radius 1 is 1.24 bits per heavy atom. The van der Waals surface area contributed by atoms with Gasteiger partial charge in [0.25, 0.3) is 0 Å². The molecule has 4 rings (SSSR count). The summed E-state index contributed by atoms with van der Waals surface area (Å²) in [4.78, 5) is 27.3. The highest BCUT2D eigenvalue weighted by Crippen LogP contribution is 2.24. The number of benzene rings is 1. The predicted molar refractivity (Wildman–Crippen MR) is 113 cm³/mol. The van der Waals surface area contributed by atoms with Gasteiger partial charge in [0.15, 0.2) is 0 Å². The maximum Gasteiger partial charge on any atom is 0.490 e. The molecule has 3 heterocycles. The van der Waals surface area contributed by atoms with Gasteiger partial charge in [-0.05, 0) is 30.7 Å². The average molecular weight is 478 g/mol. The first kappa shape index (κ1) is 24.6. The molecule has 3 aromatic rings. The van der Waals surface area contributed by atoms with Crippen molar-refractivity contribution in [3.8, 4) is 5.75 Å². The number of halogens is 3. The predicted octanol–water partition coefficient (Wildman–Crippen LogP) is 4.18. The molecule has 1 aliphatic heterocycles. The number of aromatic nitrogens is 2. The molecule has 0 aliphatic carbocycles. The van der Waals surface area contributed by atoms with Crippen molar-refractivity contribution in [3.05, 3.63) is 71.4 Å². The maximum atomic E-state index is 12.7. The van der Waals surface area contributed by atoms with E-state index < -0.39 is 12.1 Å². The van der Waals surface area contributed by atoms with E-state index in [1.807, 2.05) is 43.3 Å². The number of pyridine rings is 1. The van der Waals surface area contributed by atoms with Gasteiger partial charge >= 0.3 is 18.2 Å². The van der Waals surface area contributed by atoms with Gasteiger partial charge in [-0.3, -0.25) is 4.98 Å². The second-order valence-corrected chi connectivity index (χ2v) is 7.23. The Labute approximate surface area is 192 Å². The number of hydrogen-bond acceptors (Lipinski definition) is 6. The number of ether oxygens (including phenoxy) is 1. The number of urea groups is 1. The van der Waals surface area contributed by atoms with Crippen LogP contribution in [0.25, 0.3) is 0 Å². The highest BCUT2D eigenvalue weighted by atomic mass is 19.4. The van der Waals surface area contributed by atoms with Crippen molar-refractivity contribution in [2.24, 2.45) is 0 Å². The first-order valence-electron chi connectivity index (χ1n) is 10.1. The molecule has 180 valence electrons. The summed E-state index contributed by atoms with van der Waals surface area (Å²) in [7, 11) is 0. The van der Waals surface area contributed by atoms with Gasteiger partial charge < -0.3 is 24.6 Å². The number of rotatable bonds is 4. The van der Waals surface area contributed by atoms with Gasteiger partial charge in [0.05, 0.1) is 12.7 Å². The van der Waals surface area contributed by atoms with Gasteiger partial charge in [0.1, 0.15) is 23.8 Å². The van der Waals surface area contributed by atoms with Gasteiger partial charge in [-0.2, -0.15) is 13.2 Å². The largest absolute Gasteiger partial charge is 0.490 e. The first-order chi connectivity index (χ1) is 16.1. The number of anilines is 1. The average Bonchev–Trinajstić information content (AvgIpc) is 3.22. The normalized spacial score (nSPS) is 12.8. The van der Waals surface area contributed by atoms with E-state index in [2.05, 4.69) is 15.5 Å². The Balaban J connectivity index is 0.000000406. The summed E-state index contributed by atoms with van der Waals surface area (Å²) in [6, 6.07) is 11.2. The van der Waals surface area contributed by atoms with E-state index in [0.29, 0.717) is 31.0 Å². The molecule has 0 saturated heterocycles. The molecular formula is C22H21F3N4O5. The molecular weight excluding hydrogens is 457 g/mol. The van der Waals surface area contributed by atoms with Crippen molar-refractivity contribution in [2.75, 3.05) is 11.9 Å². The van der Waals surface area contributed by atoms with E-state index in [1.165, 1.54) is 0 Å². The van der Waals surface area contributed by atoms with Gasteiger partial charge in [-0.1, -0.05) is 23.4 Å². The Kier molecular flexibility index (Phi) is 7.71. The van der Waals surface area contributed by atoms with Gasteiger partial charge in [0.2, 0.25) is 0 Å². The van der Waals surface area contributed by atoms with Crippen LogP contribution in [0.1, 0.15) is 22.6 Å². The van der Waals surface area contributed by atoms with E-state index in [0.717, 1.165) is 22.6 Å². The number of para-hydroxylation sites is 1. The Morgan fingerprint density at radius 2 is 1.97 bits per heavy atom. The summed E-state index contributed by atoms with van der Waals surface area (Å²) >= 11 is 0. The lowest BCUT2D eigenvalue weighted by Gasteiger charge is -2.26. The molecule has 9 nitrogen and oxygen atoms in total. The number of carbonyl (C=O) groups is 2. The van der Waals surface area contributed by atoms with Crippen molar-refractivity contribution < 1.29 is 37.1 Å². The molecule has 2 amide bonds. The van der Waals surface area contributed by atoms with Crippen molar-refractivity contribution in [3.63, 3.8) is 0 Å². The number of amides is 2. The third kappa shape index (κ3) is 6.47. The minimum atomic E-state index is -5.08. The molecule has 0 fully saturated rings. The molecule has 0 atom stereocenters. The van der Waals surface area contributed by atoms with Crippen molar-refractivity contribution in [2.45, 2.75) is 32.7 Å². The van der Waals surface area contributed by atoms with Crippen LogP contribution in [0, 0.1) is 6.92 Å². The lowest BCUT2D eigenvalue weighted by molar-refractivity contribution is -0.192. The topological polar surface area (TPSA) is 118 Å². The van der Waals surface area contributed by atoms with Crippen LogP contribution < -0.4 is 10.1 Å². The van der Waals surface area contributed by atoms with Gasteiger partial charge in [-0.25, -0.2) is 9.59 Å². The fourth-order valence-corrected chi connectivity index (χ4v) is 3.04. The summed E-state index contributed by atoms with van der Waals surface area (Å²) in [5.41, 5.74) is 3.48. The SMILES string of the molecule is Cc1ccccc1NC(=O)N1CCc2onc(COc3cccnc3)c2C1.O=C(O)C(F)(F)F. The second kappa shape index (κ2) is 10.7. The summed E-state index contributed by atoms with van der Waals surface area (Å²) in [5, 5.41) is 14.2. The number of alkyl halides is 3. The van der Waals surface area contributed by atoms with E-state index in [-0.39, 0.29) is 12.6 Å². The maximum absolute atomic E-state index is 12.7. The van der Waals surface area contributed by atoms with Crippen LogP contribution in [0.4, 0.5) is 23.7 Å². The smallest absolute Gasteiger partial charge is 0.486 e. The van der Waals surface area contributed by atoms with Crippen LogP contribution in [0.5, 0.6) is 5.75 Å². The number of aliphatic carboxylic acids is 1. The van der Waals surface area contributed by atoms with Crippen molar-refractivity contribution >= 4 is 17.7 Å². The number of nitrogens with one attached hydrogen (secondary N) is 1.